The molecular weight excluding hydrogens is 456 g/mol. The number of thioether (sulfide) groups is 1. The van der Waals surface area contributed by atoms with E-state index in [9.17, 15) is 17.6 Å². The van der Waals surface area contributed by atoms with Crippen molar-refractivity contribution >= 4 is 28.0 Å². The average molecular weight is 472 g/mol. The summed E-state index contributed by atoms with van der Waals surface area (Å²) in [7, 11) is 0. The number of nitriles is 1. The summed E-state index contributed by atoms with van der Waals surface area (Å²) in [6.45, 7) is 1.51. The van der Waals surface area contributed by atoms with E-state index in [0.29, 0.717) is 27.9 Å². The molecule has 0 spiro atoms. The Kier molecular flexibility index (Phi) is 4.83. The third-order valence-electron chi connectivity index (χ3n) is 6.32. The summed E-state index contributed by atoms with van der Waals surface area (Å²) in [5.74, 6) is -2.93. The smallest absolute Gasteiger partial charge is 0.253 e. The van der Waals surface area contributed by atoms with Gasteiger partial charge in [0.2, 0.25) is 0 Å². The topological polar surface area (TPSA) is 101 Å². The first-order chi connectivity index (χ1) is 15.7. The third-order valence-corrected chi connectivity index (χ3v) is 7.63. The van der Waals surface area contributed by atoms with Crippen molar-refractivity contribution in [1.82, 2.24) is 15.0 Å². The Bertz CT molecular complexity index is 1370. The SMILES string of the molecule is C[C@]1(c2cc(Cc3ncnc4cc(C#N)cnc34)cc(F)c2F)N=C(N)S[C@@]2(C(F)F)C[C@@H]12. The van der Waals surface area contributed by atoms with E-state index in [1.807, 2.05) is 6.07 Å². The largest absolute Gasteiger partial charge is 0.378 e. The van der Waals surface area contributed by atoms with Crippen molar-refractivity contribution in [3.63, 3.8) is 0 Å². The van der Waals surface area contributed by atoms with Gasteiger partial charge < -0.3 is 5.73 Å². The summed E-state index contributed by atoms with van der Waals surface area (Å²) in [6, 6.07) is 6.00. The Labute approximate surface area is 190 Å². The van der Waals surface area contributed by atoms with Crippen LogP contribution in [0, 0.1) is 28.9 Å². The molecule has 1 aliphatic heterocycles. The first-order valence-electron chi connectivity index (χ1n) is 9.98. The van der Waals surface area contributed by atoms with Crippen LogP contribution < -0.4 is 5.73 Å². The zero-order chi connectivity index (χ0) is 23.5. The van der Waals surface area contributed by atoms with E-state index in [1.165, 1.54) is 25.5 Å². The number of aromatic nitrogens is 3. The maximum Gasteiger partial charge on any atom is 0.253 e. The standard InChI is InChI=1S/C22H16F4N6S/c1-21(16-6-22(16,19(25)26)33-20(28)32-21)12-2-10(3-13(23)17(12)24)4-14-18-15(31-9-30-14)5-11(7-27)8-29-18/h2-3,5,8-9,16,19H,4,6H2,1H3,(H2,28,32)/t16-,21+,22-/m0/s1. The summed E-state index contributed by atoms with van der Waals surface area (Å²) >= 11 is 0.803. The molecule has 0 unspecified atom stereocenters. The van der Waals surface area contributed by atoms with Crippen LogP contribution in [0.2, 0.25) is 0 Å². The van der Waals surface area contributed by atoms with E-state index >= 15 is 0 Å². The zero-order valence-electron chi connectivity index (χ0n) is 17.2. The van der Waals surface area contributed by atoms with Crippen LogP contribution in [-0.2, 0) is 12.0 Å². The van der Waals surface area contributed by atoms with Crippen LogP contribution in [0.25, 0.3) is 11.0 Å². The molecule has 3 heterocycles. The number of amidine groups is 1. The molecule has 2 aliphatic rings. The second kappa shape index (κ2) is 7.38. The molecule has 1 saturated carbocycles. The first-order valence-corrected chi connectivity index (χ1v) is 10.8. The Balaban J connectivity index is 1.58. The van der Waals surface area contributed by atoms with Gasteiger partial charge in [0.15, 0.2) is 16.8 Å². The summed E-state index contributed by atoms with van der Waals surface area (Å²) < 4.78 is 55.8. The average Bonchev–Trinajstić information content (AvgIpc) is 3.53. The Morgan fingerprint density at radius 3 is 2.76 bits per heavy atom. The molecule has 3 atom stereocenters. The fourth-order valence-corrected chi connectivity index (χ4v) is 5.94. The third kappa shape index (κ3) is 3.31. The molecule has 3 aromatic rings. The van der Waals surface area contributed by atoms with Gasteiger partial charge in [0.1, 0.15) is 17.9 Å². The molecule has 0 amide bonds. The van der Waals surface area contributed by atoms with Crippen LogP contribution in [0.5, 0.6) is 0 Å². The van der Waals surface area contributed by atoms with E-state index in [-0.39, 0.29) is 23.6 Å². The molecule has 0 radical (unpaired) electrons. The highest BCUT2D eigenvalue weighted by atomic mass is 32.2. The van der Waals surface area contributed by atoms with Crippen molar-refractivity contribution < 1.29 is 17.6 Å². The van der Waals surface area contributed by atoms with Crippen LogP contribution in [0.15, 0.2) is 35.7 Å². The minimum Gasteiger partial charge on any atom is -0.378 e. The highest BCUT2D eigenvalue weighted by Gasteiger charge is 2.71. The second-order valence-corrected chi connectivity index (χ2v) is 9.73. The number of hydrogen-bond acceptors (Lipinski definition) is 7. The highest BCUT2D eigenvalue weighted by Crippen LogP contribution is 2.68. The fourth-order valence-electron chi connectivity index (χ4n) is 4.60. The van der Waals surface area contributed by atoms with Crippen molar-refractivity contribution in [2.24, 2.45) is 16.6 Å². The molecule has 33 heavy (non-hydrogen) atoms. The predicted octanol–water partition coefficient (Wildman–Crippen LogP) is 4.07. The minimum absolute atomic E-state index is 0.0731. The molecule has 0 bridgehead atoms. The minimum atomic E-state index is -2.67. The lowest BCUT2D eigenvalue weighted by Crippen LogP contribution is -2.39. The second-order valence-electron chi connectivity index (χ2n) is 8.35. The van der Waals surface area contributed by atoms with E-state index in [2.05, 4.69) is 19.9 Å². The van der Waals surface area contributed by atoms with Crippen molar-refractivity contribution in [1.29, 1.82) is 5.26 Å². The Hall–Kier alpha value is -3.26. The molecule has 2 N–H and O–H groups in total. The molecule has 0 saturated heterocycles. The monoisotopic (exact) mass is 472 g/mol. The summed E-state index contributed by atoms with van der Waals surface area (Å²) in [4.78, 5) is 16.9. The molecule has 11 heteroatoms. The number of benzene rings is 1. The molecule has 168 valence electrons. The van der Waals surface area contributed by atoms with Crippen molar-refractivity contribution in [3.05, 3.63) is 64.7 Å². The number of nitrogens with two attached hydrogens (primary N) is 1. The lowest BCUT2D eigenvalue weighted by Gasteiger charge is -2.34. The van der Waals surface area contributed by atoms with Gasteiger partial charge in [-0.2, -0.15) is 5.26 Å². The Morgan fingerprint density at radius 2 is 2.03 bits per heavy atom. The number of aliphatic imine (C=N–C) groups is 1. The van der Waals surface area contributed by atoms with Gasteiger partial charge in [-0.15, -0.1) is 0 Å². The number of hydrogen-bond donors (Lipinski definition) is 1. The summed E-state index contributed by atoms with van der Waals surface area (Å²) in [6.07, 6.45) is 0.183. The maximum atomic E-state index is 15.0. The highest BCUT2D eigenvalue weighted by molar-refractivity contribution is 8.15. The van der Waals surface area contributed by atoms with Gasteiger partial charge in [-0.3, -0.25) is 9.98 Å². The first kappa shape index (κ1) is 21.6. The lowest BCUT2D eigenvalue weighted by atomic mass is 9.84. The fraction of sp³-hybridized carbons (Fsp3) is 0.318. The molecule has 1 aliphatic carbocycles. The van der Waals surface area contributed by atoms with Crippen LogP contribution in [0.1, 0.15) is 35.7 Å². The van der Waals surface area contributed by atoms with Crippen LogP contribution in [0.4, 0.5) is 17.6 Å². The van der Waals surface area contributed by atoms with Gasteiger partial charge in [0.05, 0.1) is 27.1 Å². The van der Waals surface area contributed by atoms with Gasteiger partial charge >= 0.3 is 0 Å². The van der Waals surface area contributed by atoms with Crippen LogP contribution >= 0.6 is 11.8 Å². The van der Waals surface area contributed by atoms with Crippen molar-refractivity contribution in [3.8, 4) is 6.07 Å². The van der Waals surface area contributed by atoms with Crippen molar-refractivity contribution in [2.45, 2.75) is 36.5 Å². The number of fused-ring (bicyclic) bond motifs is 2. The number of pyridine rings is 1. The van der Waals surface area contributed by atoms with Crippen LogP contribution in [0.3, 0.4) is 0 Å². The molecular formula is C22H16F4N6S. The predicted molar refractivity (Wildman–Crippen MR) is 115 cm³/mol. The molecule has 6 nitrogen and oxygen atoms in total. The van der Waals surface area contributed by atoms with E-state index in [0.717, 1.165) is 17.8 Å². The van der Waals surface area contributed by atoms with Crippen molar-refractivity contribution in [2.75, 3.05) is 0 Å². The lowest BCUT2D eigenvalue weighted by molar-refractivity contribution is 0.123. The van der Waals surface area contributed by atoms with Gasteiger partial charge in [-0.05, 0) is 37.1 Å². The van der Waals surface area contributed by atoms with E-state index in [4.69, 9.17) is 11.0 Å². The summed E-state index contributed by atoms with van der Waals surface area (Å²) in [5.41, 5.74) is 6.29. The van der Waals surface area contributed by atoms with Crippen LogP contribution in [-0.4, -0.2) is 31.3 Å². The zero-order valence-corrected chi connectivity index (χ0v) is 18.0. The molecule has 1 aromatic carbocycles. The van der Waals surface area contributed by atoms with Gasteiger partial charge in [0.25, 0.3) is 6.43 Å². The molecule has 5 rings (SSSR count). The van der Waals surface area contributed by atoms with E-state index in [1.54, 1.807) is 6.07 Å². The van der Waals surface area contributed by atoms with E-state index < -0.39 is 34.3 Å². The number of halogens is 4. The maximum absolute atomic E-state index is 15.0. The number of nitrogens with zero attached hydrogens (tertiary/aromatic N) is 5. The quantitative estimate of drug-likeness (QED) is 0.575. The Morgan fingerprint density at radius 1 is 1.24 bits per heavy atom. The summed E-state index contributed by atoms with van der Waals surface area (Å²) in [5, 5.41) is 8.98. The molecule has 1 fully saturated rings. The number of rotatable bonds is 4. The molecule has 2 aromatic heterocycles. The van der Waals surface area contributed by atoms with Gasteiger partial charge in [-0.25, -0.2) is 27.5 Å². The normalized spacial score (nSPS) is 26.1. The van der Waals surface area contributed by atoms with Gasteiger partial charge in [0, 0.05) is 24.1 Å². The number of alkyl halides is 2. The van der Waals surface area contributed by atoms with Gasteiger partial charge in [-0.1, -0.05) is 11.8 Å².